The lowest BCUT2D eigenvalue weighted by molar-refractivity contribution is -0.140. The lowest BCUT2D eigenvalue weighted by Gasteiger charge is -2.20. The predicted octanol–water partition coefficient (Wildman–Crippen LogP) is 1.53. The maximum Gasteiger partial charge on any atom is 0.307 e. The zero-order valence-electron chi connectivity index (χ0n) is 14.9. The fourth-order valence-corrected chi connectivity index (χ4v) is 5.24. The summed E-state index contributed by atoms with van der Waals surface area (Å²) in [4.78, 5) is 23.7. The summed E-state index contributed by atoms with van der Waals surface area (Å²) in [5, 5.41) is 11.9. The van der Waals surface area contributed by atoms with Crippen LogP contribution in [0.25, 0.3) is 0 Å². The predicted molar refractivity (Wildman–Crippen MR) is 95.8 cm³/mol. The van der Waals surface area contributed by atoms with Crippen LogP contribution in [0.3, 0.4) is 0 Å². The highest BCUT2D eigenvalue weighted by atomic mass is 32.2. The van der Waals surface area contributed by atoms with Crippen LogP contribution in [0.2, 0.25) is 0 Å². The van der Waals surface area contributed by atoms with E-state index in [4.69, 9.17) is 4.74 Å². The highest BCUT2D eigenvalue weighted by Crippen LogP contribution is 2.58. The molecular formula is C17H22N2O6S. The fraction of sp³-hybridized carbons (Fsp3) is 0.529. The Morgan fingerprint density at radius 3 is 2.50 bits per heavy atom. The minimum atomic E-state index is -3.40. The van der Waals surface area contributed by atoms with E-state index in [0.29, 0.717) is 30.1 Å². The minimum absolute atomic E-state index is 0.0727. The summed E-state index contributed by atoms with van der Waals surface area (Å²) >= 11 is 0. The molecule has 8 nitrogen and oxygen atoms in total. The monoisotopic (exact) mass is 382 g/mol. The van der Waals surface area contributed by atoms with E-state index in [-0.39, 0.29) is 11.7 Å². The van der Waals surface area contributed by atoms with Gasteiger partial charge in [0.05, 0.1) is 30.4 Å². The van der Waals surface area contributed by atoms with Crippen LogP contribution >= 0.6 is 0 Å². The molecule has 0 unspecified atom stereocenters. The molecule has 0 aromatic heterocycles. The van der Waals surface area contributed by atoms with Gasteiger partial charge in [-0.1, -0.05) is 13.8 Å². The standard InChI is InChI=1S/C17H22N2O6S/c1-17(2)13(14(17)16(21)22)15(20)18-10-5-6-12(25-3)11(9-10)19-7-4-8-26(19,23)24/h5-6,9,13-14H,4,7-8H2,1-3H3,(H,18,20)(H,21,22)/t13-,14+/m1/s1. The van der Waals surface area contributed by atoms with Crippen molar-refractivity contribution < 1.29 is 27.9 Å². The van der Waals surface area contributed by atoms with Gasteiger partial charge in [0.25, 0.3) is 0 Å². The van der Waals surface area contributed by atoms with E-state index in [1.54, 1.807) is 32.0 Å². The van der Waals surface area contributed by atoms with Crippen molar-refractivity contribution in [1.82, 2.24) is 0 Å². The third kappa shape index (κ3) is 3.00. The van der Waals surface area contributed by atoms with Crippen molar-refractivity contribution in [1.29, 1.82) is 0 Å². The van der Waals surface area contributed by atoms with Crippen molar-refractivity contribution in [2.45, 2.75) is 20.3 Å². The lowest BCUT2D eigenvalue weighted by Crippen LogP contribution is -2.26. The Kier molecular flexibility index (Phi) is 4.38. The number of aliphatic carboxylic acids is 1. The van der Waals surface area contributed by atoms with Crippen LogP contribution in [0, 0.1) is 17.3 Å². The Balaban J connectivity index is 1.85. The van der Waals surface area contributed by atoms with E-state index in [2.05, 4.69) is 5.32 Å². The molecule has 142 valence electrons. The number of carboxylic acids is 1. The molecule has 2 fully saturated rings. The van der Waals surface area contributed by atoms with Gasteiger partial charge in [0, 0.05) is 12.2 Å². The molecule has 9 heteroatoms. The Morgan fingerprint density at radius 1 is 1.31 bits per heavy atom. The number of amides is 1. The first-order valence-corrected chi connectivity index (χ1v) is 9.92. The fourth-order valence-electron chi connectivity index (χ4n) is 3.68. The molecule has 2 N–H and O–H groups in total. The third-order valence-corrected chi connectivity index (χ3v) is 7.05. The van der Waals surface area contributed by atoms with Crippen molar-refractivity contribution in [2.24, 2.45) is 17.3 Å². The Bertz CT molecular complexity index is 864. The number of carboxylic acid groups (broad SMARTS) is 1. The average Bonchev–Trinajstić information content (AvgIpc) is 2.96. The van der Waals surface area contributed by atoms with Crippen LogP contribution in [0.5, 0.6) is 5.75 Å². The Hall–Kier alpha value is -2.29. The van der Waals surface area contributed by atoms with Crippen LogP contribution in [-0.4, -0.2) is 44.8 Å². The van der Waals surface area contributed by atoms with Gasteiger partial charge in [-0.3, -0.25) is 13.9 Å². The van der Waals surface area contributed by atoms with E-state index >= 15 is 0 Å². The minimum Gasteiger partial charge on any atom is -0.495 e. The van der Waals surface area contributed by atoms with Gasteiger partial charge in [-0.05, 0) is 30.0 Å². The van der Waals surface area contributed by atoms with Crippen molar-refractivity contribution in [3.63, 3.8) is 0 Å². The second-order valence-electron chi connectivity index (χ2n) is 7.23. The number of rotatable bonds is 5. The van der Waals surface area contributed by atoms with Crippen LogP contribution in [0.15, 0.2) is 18.2 Å². The molecule has 1 saturated carbocycles. The number of sulfonamides is 1. The van der Waals surface area contributed by atoms with Gasteiger partial charge in [0.2, 0.25) is 15.9 Å². The summed E-state index contributed by atoms with van der Waals surface area (Å²) < 4.78 is 30.9. The second kappa shape index (κ2) is 6.15. The number of carbonyl (C=O) groups excluding carboxylic acids is 1. The molecule has 2 atom stereocenters. The second-order valence-corrected chi connectivity index (χ2v) is 9.25. The summed E-state index contributed by atoms with van der Waals surface area (Å²) in [5.41, 5.74) is 0.163. The number of nitrogens with zero attached hydrogens (tertiary/aromatic N) is 1. The molecule has 0 radical (unpaired) electrons. The maximum atomic E-state index is 12.5. The topological polar surface area (TPSA) is 113 Å². The number of hydrogen-bond donors (Lipinski definition) is 2. The normalized spacial score (nSPS) is 25.6. The number of carbonyl (C=O) groups is 2. The van der Waals surface area contributed by atoms with E-state index in [0.717, 1.165) is 0 Å². The molecule has 1 aliphatic heterocycles. The first kappa shape index (κ1) is 18.5. The number of anilines is 2. The molecule has 0 spiro atoms. The van der Waals surface area contributed by atoms with Gasteiger partial charge in [-0.2, -0.15) is 0 Å². The summed E-state index contributed by atoms with van der Waals surface area (Å²) in [5.74, 6) is -2.26. The van der Waals surface area contributed by atoms with E-state index < -0.39 is 33.2 Å². The molecule has 1 aromatic rings. The quantitative estimate of drug-likeness (QED) is 0.798. The highest BCUT2D eigenvalue weighted by molar-refractivity contribution is 7.93. The van der Waals surface area contributed by atoms with Crippen molar-refractivity contribution in [3.05, 3.63) is 18.2 Å². The molecule has 3 rings (SSSR count). The molecule has 1 aliphatic carbocycles. The lowest BCUT2D eigenvalue weighted by atomic mass is 10.1. The largest absolute Gasteiger partial charge is 0.495 e. The zero-order valence-corrected chi connectivity index (χ0v) is 15.7. The number of benzene rings is 1. The number of nitrogens with one attached hydrogen (secondary N) is 1. The van der Waals surface area contributed by atoms with Crippen LogP contribution < -0.4 is 14.4 Å². The Labute approximate surface area is 152 Å². The number of methoxy groups -OCH3 is 1. The number of hydrogen-bond acceptors (Lipinski definition) is 5. The van der Waals surface area contributed by atoms with Gasteiger partial charge in [-0.25, -0.2) is 8.42 Å². The Morgan fingerprint density at radius 2 is 2.00 bits per heavy atom. The van der Waals surface area contributed by atoms with Gasteiger partial charge >= 0.3 is 5.97 Å². The molecule has 1 aromatic carbocycles. The zero-order chi connectivity index (χ0) is 19.3. The first-order valence-electron chi connectivity index (χ1n) is 8.31. The smallest absolute Gasteiger partial charge is 0.307 e. The molecule has 1 saturated heterocycles. The molecule has 26 heavy (non-hydrogen) atoms. The molecular weight excluding hydrogens is 360 g/mol. The molecule has 1 amide bonds. The maximum absolute atomic E-state index is 12.5. The van der Waals surface area contributed by atoms with Crippen LogP contribution in [0.1, 0.15) is 20.3 Å². The summed E-state index contributed by atoms with van der Waals surface area (Å²) in [6.07, 6.45) is 0.526. The van der Waals surface area contributed by atoms with Crippen LogP contribution in [0.4, 0.5) is 11.4 Å². The van der Waals surface area contributed by atoms with E-state index in [1.165, 1.54) is 11.4 Å². The van der Waals surface area contributed by atoms with Crippen LogP contribution in [-0.2, 0) is 19.6 Å². The van der Waals surface area contributed by atoms with Gasteiger partial charge < -0.3 is 15.2 Å². The molecule has 0 bridgehead atoms. The molecule has 1 heterocycles. The van der Waals surface area contributed by atoms with Crippen molar-refractivity contribution in [2.75, 3.05) is 29.0 Å². The average molecular weight is 382 g/mol. The highest BCUT2D eigenvalue weighted by Gasteiger charge is 2.65. The summed E-state index contributed by atoms with van der Waals surface area (Å²) in [6, 6.07) is 4.74. The van der Waals surface area contributed by atoms with Crippen molar-refractivity contribution >= 4 is 33.3 Å². The van der Waals surface area contributed by atoms with Gasteiger partial charge in [0.15, 0.2) is 0 Å². The van der Waals surface area contributed by atoms with Crippen molar-refractivity contribution in [3.8, 4) is 5.75 Å². The van der Waals surface area contributed by atoms with Gasteiger partial charge in [-0.15, -0.1) is 0 Å². The summed E-state index contributed by atoms with van der Waals surface area (Å²) in [7, 11) is -1.95. The van der Waals surface area contributed by atoms with Gasteiger partial charge in [0.1, 0.15) is 5.75 Å². The number of ether oxygens (including phenoxy) is 1. The molecule has 2 aliphatic rings. The van der Waals surface area contributed by atoms with E-state index in [1.807, 2.05) is 0 Å². The summed E-state index contributed by atoms with van der Waals surface area (Å²) in [6.45, 7) is 3.84. The first-order chi connectivity index (χ1) is 12.1. The van der Waals surface area contributed by atoms with E-state index in [9.17, 15) is 23.1 Å². The SMILES string of the molecule is COc1ccc(NC(=O)[C@H]2[C@@H](C(=O)O)C2(C)C)cc1N1CCCS1(=O)=O. The third-order valence-electron chi connectivity index (χ3n) is 5.19.